The van der Waals surface area contributed by atoms with Crippen molar-refractivity contribution in [3.05, 3.63) is 34.2 Å². The Bertz CT molecular complexity index is 1040. The quantitative estimate of drug-likeness (QED) is 0.751. The number of benzene rings is 1. The van der Waals surface area contributed by atoms with Crippen LogP contribution < -0.4 is 16.0 Å². The number of aromatic nitrogens is 2. The Morgan fingerprint density at radius 3 is 2.43 bits per heavy atom. The summed E-state index contributed by atoms with van der Waals surface area (Å²) >= 11 is 0. The number of nitrogens with one attached hydrogen (secondary N) is 1. The molecule has 8 heteroatoms. The van der Waals surface area contributed by atoms with Crippen LogP contribution in [0.1, 0.15) is 37.7 Å². The molecule has 5 rings (SSSR count). The van der Waals surface area contributed by atoms with Gasteiger partial charge in [-0.05, 0) is 55.8 Å². The number of rotatable bonds is 4. The number of likely N-dealkylation sites (tertiary alicyclic amines) is 1. The number of imide groups is 1. The monoisotopic (exact) mass is 411 g/mol. The second kappa shape index (κ2) is 7.35. The molecular weight excluding hydrogens is 382 g/mol. The lowest BCUT2D eigenvalue weighted by Gasteiger charge is -2.52. The van der Waals surface area contributed by atoms with Crippen molar-refractivity contribution in [1.82, 2.24) is 19.5 Å². The van der Waals surface area contributed by atoms with Crippen molar-refractivity contribution in [2.75, 3.05) is 37.7 Å². The fourth-order valence-electron chi connectivity index (χ4n) is 5.45. The minimum absolute atomic E-state index is 0.292. The summed E-state index contributed by atoms with van der Waals surface area (Å²) in [6.07, 6.45) is 4.49. The van der Waals surface area contributed by atoms with Crippen molar-refractivity contribution in [3.8, 4) is 0 Å². The molecule has 1 N–H and O–H groups in total. The van der Waals surface area contributed by atoms with E-state index in [1.54, 1.807) is 11.6 Å². The summed E-state index contributed by atoms with van der Waals surface area (Å²) in [6.45, 7) is 5.51. The molecule has 3 aliphatic rings. The highest BCUT2D eigenvalue weighted by molar-refractivity contribution is 6.11. The van der Waals surface area contributed by atoms with Crippen LogP contribution >= 0.6 is 0 Å². The van der Waals surface area contributed by atoms with Crippen LogP contribution in [0.2, 0.25) is 0 Å². The molecule has 0 atom stereocenters. The number of fused-ring (bicyclic) bond motifs is 1. The van der Waals surface area contributed by atoms with Crippen molar-refractivity contribution in [3.63, 3.8) is 0 Å². The normalized spacial score (nSPS) is 22.1. The molecule has 3 saturated heterocycles. The van der Waals surface area contributed by atoms with Crippen LogP contribution in [0.5, 0.6) is 0 Å². The van der Waals surface area contributed by atoms with Gasteiger partial charge < -0.3 is 10.2 Å². The van der Waals surface area contributed by atoms with Crippen LogP contribution in [0.15, 0.2) is 23.0 Å². The number of hydrogen-bond donors (Lipinski definition) is 1. The molecular formula is C22H29N5O3. The Kier molecular flexibility index (Phi) is 4.78. The van der Waals surface area contributed by atoms with E-state index in [4.69, 9.17) is 0 Å². The van der Waals surface area contributed by atoms with Gasteiger partial charge in [0, 0.05) is 39.5 Å². The molecule has 30 heavy (non-hydrogen) atoms. The smallest absolute Gasteiger partial charge is 0.317 e. The summed E-state index contributed by atoms with van der Waals surface area (Å²) in [5.41, 5.74) is 2.67. The first-order valence-electron chi connectivity index (χ1n) is 11.0. The number of aryl methyl sites for hydroxylation is 1. The van der Waals surface area contributed by atoms with Gasteiger partial charge in [-0.15, -0.1) is 0 Å². The van der Waals surface area contributed by atoms with Crippen LogP contribution in [0.25, 0.3) is 11.0 Å². The predicted molar refractivity (Wildman–Crippen MR) is 114 cm³/mol. The molecule has 2 aromatic rings. The largest absolute Gasteiger partial charge is 0.348 e. The third kappa shape index (κ3) is 3.09. The standard InChI is InChI=1S/C22H29N5O3/c1-24-20-16(8-13-25-14-22(15-25)9-11-23-12-10-22)4-2-5-17(20)26(21(24)30)27-18(28)6-3-7-19(27)29/h2,4-5,23H,3,6-15H2,1H3. The topological polar surface area (TPSA) is 79.6 Å². The zero-order valence-electron chi connectivity index (χ0n) is 17.5. The second-order valence-electron chi connectivity index (χ2n) is 9.10. The maximum absolute atomic E-state index is 13.0. The molecule has 1 spiro atoms. The Morgan fingerprint density at radius 2 is 1.73 bits per heavy atom. The number of carbonyl (C=O) groups is 2. The van der Waals surface area contributed by atoms with Gasteiger partial charge in [-0.25, -0.2) is 4.79 Å². The number of carbonyl (C=O) groups excluding carboxylic acids is 2. The van der Waals surface area contributed by atoms with Crippen molar-refractivity contribution in [2.45, 2.75) is 38.5 Å². The zero-order valence-corrected chi connectivity index (χ0v) is 17.5. The lowest BCUT2D eigenvalue weighted by molar-refractivity contribution is -0.131. The van der Waals surface area contributed by atoms with E-state index in [1.807, 2.05) is 18.2 Å². The first kappa shape index (κ1) is 19.5. The summed E-state index contributed by atoms with van der Waals surface area (Å²) in [5, 5.41) is 4.49. The molecule has 3 fully saturated rings. The fourth-order valence-corrected chi connectivity index (χ4v) is 5.45. The second-order valence-corrected chi connectivity index (χ2v) is 9.10. The highest BCUT2D eigenvalue weighted by Crippen LogP contribution is 2.38. The Hall–Kier alpha value is -2.45. The van der Waals surface area contributed by atoms with Gasteiger partial charge in [-0.2, -0.15) is 9.69 Å². The van der Waals surface area contributed by atoms with E-state index in [2.05, 4.69) is 10.2 Å². The summed E-state index contributed by atoms with van der Waals surface area (Å²) in [5.74, 6) is -0.613. The van der Waals surface area contributed by atoms with Gasteiger partial charge in [0.25, 0.3) is 0 Å². The van der Waals surface area contributed by atoms with Crippen molar-refractivity contribution >= 4 is 22.8 Å². The van der Waals surface area contributed by atoms with E-state index in [0.29, 0.717) is 30.2 Å². The number of imidazole rings is 1. The zero-order chi connectivity index (χ0) is 20.9. The lowest BCUT2D eigenvalue weighted by Crippen LogP contribution is -2.60. The number of hydrogen-bond acceptors (Lipinski definition) is 5. The van der Waals surface area contributed by atoms with Gasteiger partial charge in [0.15, 0.2) is 0 Å². The summed E-state index contributed by atoms with van der Waals surface area (Å²) in [6, 6.07) is 5.78. The number of amides is 2. The fraction of sp³-hybridized carbons (Fsp3) is 0.591. The Morgan fingerprint density at radius 1 is 1.03 bits per heavy atom. The third-order valence-corrected chi connectivity index (χ3v) is 7.06. The first-order chi connectivity index (χ1) is 14.5. The molecule has 0 aliphatic carbocycles. The maximum atomic E-state index is 13.0. The number of piperidine rings is 2. The maximum Gasteiger partial charge on any atom is 0.348 e. The molecule has 8 nitrogen and oxygen atoms in total. The summed E-state index contributed by atoms with van der Waals surface area (Å²) < 4.78 is 2.85. The van der Waals surface area contributed by atoms with E-state index in [-0.39, 0.29) is 17.5 Å². The lowest BCUT2D eigenvalue weighted by atomic mass is 9.72. The van der Waals surface area contributed by atoms with Gasteiger partial charge in [-0.1, -0.05) is 12.1 Å². The van der Waals surface area contributed by atoms with E-state index >= 15 is 0 Å². The van der Waals surface area contributed by atoms with Crippen LogP contribution in [0.3, 0.4) is 0 Å². The van der Waals surface area contributed by atoms with Crippen molar-refractivity contribution in [1.29, 1.82) is 0 Å². The minimum Gasteiger partial charge on any atom is -0.317 e. The van der Waals surface area contributed by atoms with Gasteiger partial charge in [-0.3, -0.25) is 14.2 Å². The summed E-state index contributed by atoms with van der Waals surface area (Å²) in [4.78, 5) is 40.4. The molecule has 1 aromatic carbocycles. The van der Waals surface area contributed by atoms with Gasteiger partial charge in [0.05, 0.1) is 11.0 Å². The number of para-hydroxylation sites is 1. The van der Waals surface area contributed by atoms with Crippen LogP contribution in [-0.4, -0.2) is 58.7 Å². The average Bonchev–Trinajstić information content (AvgIpc) is 2.97. The molecule has 1 aromatic heterocycles. The molecule has 2 amide bonds. The molecule has 3 aliphatic heterocycles. The molecule has 0 saturated carbocycles. The molecule has 160 valence electrons. The number of nitrogens with zero attached hydrogens (tertiary/aromatic N) is 4. The van der Waals surface area contributed by atoms with E-state index in [1.165, 1.54) is 17.5 Å². The minimum atomic E-state index is -0.348. The van der Waals surface area contributed by atoms with Gasteiger partial charge in [0.1, 0.15) is 0 Å². The SMILES string of the molecule is Cn1c(=O)n(N2C(=O)CCCC2=O)c2cccc(CCN3CC4(CCNCC4)C3)c21. The van der Waals surface area contributed by atoms with Gasteiger partial charge in [0.2, 0.25) is 11.8 Å². The van der Waals surface area contributed by atoms with E-state index in [0.717, 1.165) is 55.2 Å². The first-order valence-corrected chi connectivity index (χ1v) is 11.0. The van der Waals surface area contributed by atoms with E-state index in [9.17, 15) is 14.4 Å². The molecule has 0 radical (unpaired) electrons. The van der Waals surface area contributed by atoms with Gasteiger partial charge >= 0.3 is 5.69 Å². The highest BCUT2D eigenvalue weighted by Gasteiger charge is 2.42. The Labute approximate surface area is 175 Å². The Balaban J connectivity index is 1.40. The molecule has 0 unspecified atom stereocenters. The highest BCUT2D eigenvalue weighted by atomic mass is 16.2. The third-order valence-electron chi connectivity index (χ3n) is 7.06. The molecule has 0 bridgehead atoms. The summed E-state index contributed by atoms with van der Waals surface area (Å²) in [7, 11) is 1.72. The van der Waals surface area contributed by atoms with Crippen LogP contribution in [0.4, 0.5) is 0 Å². The van der Waals surface area contributed by atoms with Crippen molar-refractivity contribution in [2.24, 2.45) is 12.5 Å². The van der Waals surface area contributed by atoms with Crippen LogP contribution in [-0.2, 0) is 23.1 Å². The predicted octanol–water partition coefficient (Wildman–Crippen LogP) is 0.743. The van der Waals surface area contributed by atoms with E-state index < -0.39 is 0 Å². The average molecular weight is 412 g/mol. The van der Waals surface area contributed by atoms with Crippen molar-refractivity contribution < 1.29 is 9.59 Å². The molecule has 4 heterocycles. The van der Waals surface area contributed by atoms with Crippen LogP contribution in [0, 0.1) is 5.41 Å².